The third-order valence-corrected chi connectivity index (χ3v) is 7.52. The van der Waals surface area contributed by atoms with Crippen LogP contribution in [0.5, 0.6) is 17.2 Å². The van der Waals surface area contributed by atoms with Gasteiger partial charge in [-0.3, -0.25) is 13.9 Å². The van der Waals surface area contributed by atoms with Crippen molar-refractivity contribution in [2.45, 2.75) is 52.7 Å². The molecule has 1 aliphatic heterocycles. The van der Waals surface area contributed by atoms with Gasteiger partial charge in [0, 0.05) is 18.2 Å². The fourth-order valence-corrected chi connectivity index (χ4v) is 4.84. The minimum absolute atomic E-state index is 0.0347. The highest BCUT2D eigenvalue weighted by molar-refractivity contribution is 7.92. The van der Waals surface area contributed by atoms with Crippen LogP contribution in [-0.2, 0) is 26.2 Å². The Hall–Kier alpha value is -3.47. The van der Waals surface area contributed by atoms with Crippen LogP contribution in [0.3, 0.4) is 0 Å². The predicted octanol–water partition coefficient (Wildman–Crippen LogP) is 2.91. The van der Waals surface area contributed by atoms with Crippen molar-refractivity contribution in [3.05, 3.63) is 48.0 Å². The maximum absolute atomic E-state index is 13.7. The summed E-state index contributed by atoms with van der Waals surface area (Å²) in [6.07, 6.45) is 0. The van der Waals surface area contributed by atoms with Crippen LogP contribution in [0.25, 0.3) is 0 Å². The van der Waals surface area contributed by atoms with Crippen molar-refractivity contribution in [2.24, 2.45) is 0 Å². The first-order valence-corrected chi connectivity index (χ1v) is 13.6. The van der Waals surface area contributed by atoms with Crippen LogP contribution in [-0.4, -0.2) is 62.9 Å². The Bertz CT molecular complexity index is 1240. The molecule has 3 rings (SSSR count). The van der Waals surface area contributed by atoms with E-state index in [9.17, 15) is 18.0 Å². The van der Waals surface area contributed by atoms with Crippen molar-refractivity contribution < 1.29 is 32.2 Å². The lowest BCUT2D eigenvalue weighted by Crippen LogP contribution is -2.54. The number of anilines is 1. The topological polar surface area (TPSA) is 114 Å². The number of nitrogens with zero attached hydrogens (tertiary/aromatic N) is 2. The second-order valence-electron chi connectivity index (χ2n) is 9.73. The van der Waals surface area contributed by atoms with Crippen LogP contribution < -0.4 is 23.8 Å². The molecular weight excluding hydrogens is 498 g/mol. The fourth-order valence-electron chi connectivity index (χ4n) is 3.78. The number of amides is 2. The number of hydrogen-bond acceptors (Lipinski definition) is 7. The first-order chi connectivity index (χ1) is 17.3. The normalized spacial score (nSPS) is 13.6. The molecule has 1 N–H and O–H groups in total. The molecule has 0 fully saturated rings. The summed E-state index contributed by atoms with van der Waals surface area (Å²) in [4.78, 5) is 28.2. The SMILES string of the molecule is CCS(=O)(=O)N(CC(=O)N(Cc1cccc(OC)c1)[C@H](C)C(=O)NC(C)(C)C)c1ccc2c(c1)OCO2. The maximum Gasteiger partial charge on any atom is 0.244 e. The second-order valence-corrected chi connectivity index (χ2v) is 11.9. The molecule has 1 aliphatic rings. The quantitative estimate of drug-likeness (QED) is 0.499. The molecule has 37 heavy (non-hydrogen) atoms. The van der Waals surface area contributed by atoms with Gasteiger partial charge < -0.3 is 24.4 Å². The van der Waals surface area contributed by atoms with Crippen molar-refractivity contribution in [1.82, 2.24) is 10.2 Å². The van der Waals surface area contributed by atoms with Crippen molar-refractivity contribution in [3.63, 3.8) is 0 Å². The molecule has 2 aromatic rings. The number of rotatable bonds is 10. The molecule has 2 aromatic carbocycles. The largest absolute Gasteiger partial charge is 0.497 e. The van der Waals surface area contributed by atoms with E-state index in [4.69, 9.17) is 14.2 Å². The molecule has 0 saturated carbocycles. The predicted molar refractivity (Wildman–Crippen MR) is 140 cm³/mol. The molecule has 1 heterocycles. The standard InChI is InChI=1S/C26H35N3O7S/c1-7-37(32,33)29(20-11-12-22-23(14-20)36-17-35-22)16-24(30)28(18(2)25(31)27-26(3,4)5)15-19-9-8-10-21(13-19)34-6/h8-14,18H,7,15-17H2,1-6H3,(H,27,31)/t18-/m1/s1. The monoisotopic (exact) mass is 533 g/mol. The molecule has 0 spiro atoms. The summed E-state index contributed by atoms with van der Waals surface area (Å²) in [5, 5.41) is 2.90. The van der Waals surface area contributed by atoms with Gasteiger partial charge in [-0.2, -0.15) is 0 Å². The Labute approximate surface area is 218 Å². The Morgan fingerprint density at radius 1 is 1.11 bits per heavy atom. The summed E-state index contributed by atoms with van der Waals surface area (Å²) in [6.45, 7) is 8.30. The zero-order chi connectivity index (χ0) is 27.4. The third-order valence-electron chi connectivity index (χ3n) is 5.78. The van der Waals surface area contributed by atoms with Crippen LogP contribution in [0.15, 0.2) is 42.5 Å². The van der Waals surface area contributed by atoms with Crippen molar-refractivity contribution in [1.29, 1.82) is 0 Å². The minimum Gasteiger partial charge on any atom is -0.497 e. The molecule has 0 bridgehead atoms. The Morgan fingerprint density at radius 2 is 1.81 bits per heavy atom. The summed E-state index contributed by atoms with van der Waals surface area (Å²) >= 11 is 0. The van der Waals surface area contributed by atoms with Gasteiger partial charge in [0.05, 0.1) is 18.6 Å². The highest BCUT2D eigenvalue weighted by Gasteiger charge is 2.32. The molecule has 202 valence electrons. The molecule has 0 aliphatic carbocycles. The number of fused-ring (bicyclic) bond motifs is 1. The Morgan fingerprint density at radius 3 is 2.46 bits per heavy atom. The fraction of sp³-hybridized carbons (Fsp3) is 0.462. The van der Waals surface area contributed by atoms with E-state index in [1.165, 1.54) is 17.9 Å². The molecule has 0 radical (unpaired) electrons. The summed E-state index contributed by atoms with van der Waals surface area (Å²) in [5.41, 5.74) is 0.490. The lowest BCUT2D eigenvalue weighted by Gasteiger charge is -2.33. The Balaban J connectivity index is 1.96. The molecule has 1 atom stereocenters. The minimum atomic E-state index is -3.85. The van der Waals surface area contributed by atoms with E-state index in [1.54, 1.807) is 44.4 Å². The van der Waals surface area contributed by atoms with Gasteiger partial charge in [0.1, 0.15) is 18.3 Å². The van der Waals surface area contributed by atoms with Gasteiger partial charge in [-0.15, -0.1) is 0 Å². The van der Waals surface area contributed by atoms with Gasteiger partial charge in [0.2, 0.25) is 28.6 Å². The number of methoxy groups -OCH3 is 1. The maximum atomic E-state index is 13.7. The molecule has 10 nitrogen and oxygen atoms in total. The molecule has 2 amide bonds. The summed E-state index contributed by atoms with van der Waals surface area (Å²) in [7, 11) is -2.31. The van der Waals surface area contributed by atoms with Crippen molar-refractivity contribution in [3.8, 4) is 17.2 Å². The highest BCUT2D eigenvalue weighted by Crippen LogP contribution is 2.36. The summed E-state index contributed by atoms with van der Waals surface area (Å²) in [6, 6.07) is 11.0. The van der Waals surface area contributed by atoms with E-state index < -0.39 is 34.1 Å². The van der Waals surface area contributed by atoms with Crippen LogP contribution in [0.4, 0.5) is 5.69 Å². The molecule has 0 unspecified atom stereocenters. The summed E-state index contributed by atoms with van der Waals surface area (Å²) in [5.74, 6) is 0.395. The second kappa shape index (κ2) is 11.3. The average molecular weight is 534 g/mol. The van der Waals surface area contributed by atoms with E-state index in [-0.39, 0.29) is 30.7 Å². The van der Waals surface area contributed by atoms with Crippen LogP contribution in [0.2, 0.25) is 0 Å². The highest BCUT2D eigenvalue weighted by atomic mass is 32.2. The summed E-state index contributed by atoms with van der Waals surface area (Å²) < 4.78 is 43.2. The number of nitrogens with one attached hydrogen (secondary N) is 1. The smallest absolute Gasteiger partial charge is 0.244 e. The van der Waals surface area contributed by atoms with Crippen LogP contribution in [0.1, 0.15) is 40.2 Å². The van der Waals surface area contributed by atoms with Gasteiger partial charge in [-0.1, -0.05) is 12.1 Å². The lowest BCUT2D eigenvalue weighted by atomic mass is 10.1. The van der Waals surface area contributed by atoms with E-state index in [0.29, 0.717) is 17.2 Å². The van der Waals surface area contributed by atoms with E-state index in [2.05, 4.69) is 5.32 Å². The van der Waals surface area contributed by atoms with E-state index >= 15 is 0 Å². The van der Waals surface area contributed by atoms with Gasteiger partial charge >= 0.3 is 0 Å². The van der Waals surface area contributed by atoms with Gasteiger partial charge in [0.15, 0.2) is 11.5 Å². The first kappa shape index (κ1) is 28.1. The molecule has 11 heteroatoms. The van der Waals surface area contributed by atoms with Crippen LogP contribution >= 0.6 is 0 Å². The number of carbonyl (C=O) groups excluding carboxylic acids is 2. The zero-order valence-electron chi connectivity index (χ0n) is 22.1. The van der Waals surface area contributed by atoms with Gasteiger partial charge in [-0.05, 0) is 64.4 Å². The number of carbonyl (C=O) groups is 2. The van der Waals surface area contributed by atoms with Gasteiger partial charge in [-0.25, -0.2) is 8.42 Å². The average Bonchev–Trinajstić information content (AvgIpc) is 3.32. The number of sulfonamides is 1. The Kier molecular flexibility index (Phi) is 8.57. The molecular formula is C26H35N3O7S. The first-order valence-electron chi connectivity index (χ1n) is 12.0. The van der Waals surface area contributed by atoms with E-state index in [1.807, 2.05) is 26.8 Å². The third kappa shape index (κ3) is 7.06. The number of hydrogen-bond donors (Lipinski definition) is 1. The van der Waals surface area contributed by atoms with E-state index in [0.717, 1.165) is 9.87 Å². The number of benzene rings is 2. The van der Waals surface area contributed by atoms with Gasteiger partial charge in [0.25, 0.3) is 0 Å². The van der Waals surface area contributed by atoms with Crippen LogP contribution in [0, 0.1) is 0 Å². The van der Waals surface area contributed by atoms with Crippen molar-refractivity contribution in [2.75, 3.05) is 30.5 Å². The number of ether oxygens (including phenoxy) is 3. The zero-order valence-corrected chi connectivity index (χ0v) is 22.9. The lowest BCUT2D eigenvalue weighted by molar-refractivity contribution is -0.140. The molecule has 0 saturated heterocycles. The van der Waals surface area contributed by atoms with Crippen molar-refractivity contribution >= 4 is 27.5 Å². The molecule has 0 aromatic heterocycles.